The van der Waals surface area contributed by atoms with Crippen LogP contribution in [0.2, 0.25) is 0 Å². The van der Waals surface area contributed by atoms with Gasteiger partial charge in [-0.3, -0.25) is 0 Å². The summed E-state index contributed by atoms with van der Waals surface area (Å²) in [6.45, 7) is 5.87. The molecule has 154 valence electrons. The maximum atomic E-state index is 13.2. The second-order valence-corrected chi connectivity index (χ2v) is 11.0. The molecular weight excluding hydrogens is 429 g/mol. The van der Waals surface area contributed by atoms with Gasteiger partial charge in [-0.2, -0.15) is 4.31 Å². The molecule has 0 amide bonds. The number of thiazole rings is 1. The van der Waals surface area contributed by atoms with Crippen molar-refractivity contribution in [2.75, 3.05) is 31.1 Å². The lowest BCUT2D eigenvalue weighted by Gasteiger charge is -2.35. The van der Waals surface area contributed by atoms with Gasteiger partial charge in [0.25, 0.3) is 0 Å². The lowest BCUT2D eigenvalue weighted by atomic mass is 10.2. The van der Waals surface area contributed by atoms with Crippen LogP contribution >= 0.6 is 22.7 Å². The Balaban J connectivity index is 1.51. The predicted molar refractivity (Wildman–Crippen MR) is 117 cm³/mol. The van der Waals surface area contributed by atoms with E-state index in [0.29, 0.717) is 31.1 Å². The average Bonchev–Trinajstić information content (AvgIpc) is 3.35. The summed E-state index contributed by atoms with van der Waals surface area (Å²) < 4.78 is 41.2. The fraction of sp³-hybridized carbons (Fsp3) is 0.350. The lowest BCUT2D eigenvalue weighted by Crippen LogP contribution is -2.48. The first-order valence-corrected chi connectivity index (χ1v) is 12.6. The van der Waals surface area contributed by atoms with E-state index >= 15 is 0 Å². The van der Waals surface area contributed by atoms with E-state index in [9.17, 15) is 12.8 Å². The van der Waals surface area contributed by atoms with Crippen LogP contribution in [0.3, 0.4) is 0 Å². The Morgan fingerprint density at radius 3 is 2.45 bits per heavy atom. The second-order valence-electron chi connectivity index (χ2n) is 6.88. The van der Waals surface area contributed by atoms with Crippen molar-refractivity contribution < 1.29 is 12.8 Å². The third-order valence-corrected chi connectivity index (χ3v) is 9.25. The molecule has 0 aliphatic carbocycles. The molecule has 9 heteroatoms. The van der Waals surface area contributed by atoms with Crippen LogP contribution in [0.1, 0.15) is 16.8 Å². The van der Waals surface area contributed by atoms with Gasteiger partial charge in [0.05, 0.1) is 20.5 Å². The summed E-state index contributed by atoms with van der Waals surface area (Å²) in [7, 11) is -3.56. The molecule has 3 heterocycles. The molecule has 0 spiro atoms. The van der Waals surface area contributed by atoms with Gasteiger partial charge in [0.15, 0.2) is 0 Å². The van der Waals surface area contributed by atoms with E-state index in [1.165, 1.54) is 23.5 Å². The van der Waals surface area contributed by atoms with Crippen LogP contribution in [0.4, 0.5) is 10.1 Å². The largest absolute Gasteiger partial charge is 0.369 e. The summed E-state index contributed by atoms with van der Waals surface area (Å²) >= 11 is 3.07. The third-order valence-electron chi connectivity index (χ3n) is 5.03. The monoisotopic (exact) mass is 451 g/mol. The summed E-state index contributed by atoms with van der Waals surface area (Å²) in [6, 6.07) is 8.07. The Morgan fingerprint density at radius 1 is 1.14 bits per heavy atom. The second kappa shape index (κ2) is 8.14. The first-order chi connectivity index (χ1) is 13.9. The highest BCUT2D eigenvalue weighted by atomic mass is 32.2. The Hall–Kier alpha value is -1.81. The highest BCUT2D eigenvalue weighted by Gasteiger charge is 2.31. The summed E-state index contributed by atoms with van der Waals surface area (Å²) in [5.41, 5.74) is 1.76. The molecule has 1 aliphatic heterocycles. The molecule has 1 aromatic carbocycles. The molecule has 0 saturated carbocycles. The number of thiophene rings is 1. The van der Waals surface area contributed by atoms with Crippen molar-refractivity contribution in [2.45, 2.75) is 25.2 Å². The molecule has 3 aromatic rings. The van der Waals surface area contributed by atoms with Crippen molar-refractivity contribution >= 4 is 38.4 Å². The molecule has 5 nitrogen and oxygen atoms in total. The van der Waals surface area contributed by atoms with Crippen molar-refractivity contribution in [3.05, 3.63) is 51.4 Å². The van der Waals surface area contributed by atoms with Crippen LogP contribution in [-0.4, -0.2) is 43.9 Å². The molecule has 0 radical (unpaired) electrons. The van der Waals surface area contributed by atoms with E-state index in [4.69, 9.17) is 0 Å². The Labute approximate surface area is 178 Å². The van der Waals surface area contributed by atoms with E-state index < -0.39 is 10.0 Å². The Morgan fingerprint density at radius 2 is 1.83 bits per heavy atom. The van der Waals surface area contributed by atoms with Crippen LogP contribution < -0.4 is 4.90 Å². The minimum atomic E-state index is -3.56. The van der Waals surface area contributed by atoms with Gasteiger partial charge >= 0.3 is 0 Å². The normalized spacial score (nSPS) is 15.8. The van der Waals surface area contributed by atoms with Crippen LogP contribution in [0, 0.1) is 12.7 Å². The molecule has 0 bridgehead atoms. The first kappa shape index (κ1) is 20.5. The van der Waals surface area contributed by atoms with Gasteiger partial charge in [-0.1, -0.05) is 6.92 Å². The zero-order chi connectivity index (χ0) is 20.6. The molecule has 1 fully saturated rings. The summed E-state index contributed by atoms with van der Waals surface area (Å²) in [5, 5.41) is 3.04. The smallest absolute Gasteiger partial charge is 0.244 e. The number of sulfonamides is 1. The van der Waals surface area contributed by atoms with E-state index in [2.05, 4.69) is 16.8 Å². The number of aromatic nitrogens is 1. The van der Waals surface area contributed by atoms with Crippen molar-refractivity contribution in [2.24, 2.45) is 0 Å². The Bertz CT molecular complexity index is 1100. The van der Waals surface area contributed by atoms with E-state index in [0.717, 1.165) is 32.6 Å². The lowest BCUT2D eigenvalue weighted by molar-refractivity contribution is 0.385. The highest BCUT2D eigenvalue weighted by molar-refractivity contribution is 7.89. The minimum absolute atomic E-state index is 0.273. The summed E-state index contributed by atoms with van der Waals surface area (Å²) in [4.78, 5) is 8.72. The van der Waals surface area contributed by atoms with Crippen molar-refractivity contribution in [1.29, 1.82) is 0 Å². The molecule has 4 rings (SSSR count). The molecule has 2 aromatic heterocycles. The number of hydrogen-bond donors (Lipinski definition) is 0. The van der Waals surface area contributed by atoms with Crippen molar-refractivity contribution in [3.63, 3.8) is 0 Å². The van der Waals surface area contributed by atoms with E-state index in [1.807, 2.05) is 12.3 Å². The minimum Gasteiger partial charge on any atom is -0.369 e. The zero-order valence-electron chi connectivity index (χ0n) is 16.3. The van der Waals surface area contributed by atoms with Crippen molar-refractivity contribution in [1.82, 2.24) is 9.29 Å². The van der Waals surface area contributed by atoms with E-state index in [1.54, 1.807) is 33.8 Å². The summed E-state index contributed by atoms with van der Waals surface area (Å²) in [6.07, 6.45) is 0.874. The molecule has 1 saturated heterocycles. The van der Waals surface area contributed by atoms with Crippen LogP contribution in [0.5, 0.6) is 0 Å². The number of hydrogen-bond acceptors (Lipinski definition) is 6. The zero-order valence-corrected chi connectivity index (χ0v) is 18.7. The van der Waals surface area contributed by atoms with Crippen LogP contribution in [0.25, 0.3) is 10.6 Å². The predicted octanol–water partition coefficient (Wildman–Crippen LogP) is 4.39. The number of halogens is 1. The maximum absolute atomic E-state index is 13.2. The van der Waals surface area contributed by atoms with Crippen molar-refractivity contribution in [3.8, 4) is 10.6 Å². The van der Waals surface area contributed by atoms with Crippen LogP contribution in [0.15, 0.2) is 40.6 Å². The molecular formula is C20H22FN3O2S3. The van der Waals surface area contributed by atoms with Gasteiger partial charge in [-0.25, -0.2) is 17.8 Å². The van der Waals surface area contributed by atoms with Gasteiger partial charge in [-0.05, 0) is 43.7 Å². The molecule has 0 unspecified atom stereocenters. The summed E-state index contributed by atoms with van der Waals surface area (Å²) in [5.74, 6) is -0.273. The first-order valence-electron chi connectivity index (χ1n) is 9.44. The molecule has 1 aliphatic rings. The number of aryl methyl sites for hydroxylation is 2. The Kier molecular flexibility index (Phi) is 5.74. The molecule has 0 atom stereocenters. The third kappa shape index (κ3) is 4.09. The number of anilines is 1. The fourth-order valence-electron chi connectivity index (χ4n) is 3.41. The molecule has 0 N–H and O–H groups in total. The molecule has 29 heavy (non-hydrogen) atoms. The number of nitrogens with zero attached hydrogens (tertiary/aromatic N) is 3. The van der Waals surface area contributed by atoms with Gasteiger partial charge in [0, 0.05) is 42.1 Å². The van der Waals surface area contributed by atoms with Crippen LogP contribution in [-0.2, 0) is 16.4 Å². The fourth-order valence-corrected chi connectivity index (χ4v) is 7.17. The van der Waals surface area contributed by atoms with Gasteiger partial charge in [0.1, 0.15) is 5.82 Å². The standard InChI is InChI=1S/C20H22FN3O2S3/c1-3-20-22-17(13-27-20)18-12-19(14(2)28-18)29(25,26)24-10-8-23(9-11-24)16-6-4-15(21)5-7-16/h4-7,12-13H,3,8-11H2,1-2H3. The number of piperazine rings is 1. The van der Waals surface area contributed by atoms with Gasteiger partial charge in [-0.15, -0.1) is 22.7 Å². The quantitative estimate of drug-likeness (QED) is 0.577. The maximum Gasteiger partial charge on any atom is 0.244 e. The topological polar surface area (TPSA) is 53.5 Å². The highest BCUT2D eigenvalue weighted by Crippen LogP contribution is 2.35. The average molecular weight is 452 g/mol. The van der Waals surface area contributed by atoms with Gasteiger partial charge in [0.2, 0.25) is 10.0 Å². The number of benzene rings is 1. The van der Waals surface area contributed by atoms with Gasteiger partial charge < -0.3 is 4.90 Å². The SMILES string of the molecule is CCc1nc(-c2cc(S(=O)(=O)N3CCN(c4ccc(F)cc4)CC3)c(C)s2)cs1. The number of rotatable bonds is 5. The van der Waals surface area contributed by atoms with E-state index in [-0.39, 0.29) is 5.82 Å².